The molecule has 1 fully saturated rings. The number of hydrogen-bond acceptors (Lipinski definition) is 4. The zero-order valence-corrected chi connectivity index (χ0v) is 13.9. The molecular formula is C16H22N4O4. The molecule has 0 saturated carbocycles. The Hall–Kier alpha value is -2.77. The molecule has 1 saturated heterocycles. The summed E-state index contributed by atoms with van der Waals surface area (Å²) in [5, 5.41) is 5.46. The van der Waals surface area contributed by atoms with Gasteiger partial charge >= 0.3 is 12.1 Å². The van der Waals surface area contributed by atoms with Crippen molar-refractivity contribution in [2.75, 3.05) is 43.4 Å². The van der Waals surface area contributed by atoms with E-state index in [9.17, 15) is 14.4 Å². The van der Waals surface area contributed by atoms with Gasteiger partial charge in [-0.1, -0.05) is 0 Å². The van der Waals surface area contributed by atoms with Crippen LogP contribution in [0.4, 0.5) is 21.0 Å². The summed E-state index contributed by atoms with van der Waals surface area (Å²) < 4.78 is 4.95. The number of rotatable bonds is 3. The van der Waals surface area contributed by atoms with Crippen molar-refractivity contribution in [1.82, 2.24) is 9.80 Å². The van der Waals surface area contributed by atoms with Gasteiger partial charge in [0.05, 0.1) is 6.61 Å². The number of carbonyl (C=O) groups excluding carboxylic acids is 3. The molecule has 1 aromatic carbocycles. The number of anilines is 2. The predicted octanol–water partition coefficient (Wildman–Crippen LogP) is 1.95. The predicted molar refractivity (Wildman–Crippen MR) is 89.9 cm³/mol. The first-order valence-electron chi connectivity index (χ1n) is 7.85. The minimum atomic E-state index is -0.342. The summed E-state index contributed by atoms with van der Waals surface area (Å²) in [6.45, 7) is 5.35. The molecule has 1 heterocycles. The maximum absolute atomic E-state index is 12.2. The third-order valence-corrected chi connectivity index (χ3v) is 3.55. The van der Waals surface area contributed by atoms with E-state index in [1.54, 1.807) is 41.0 Å². The third-order valence-electron chi connectivity index (χ3n) is 3.55. The van der Waals surface area contributed by atoms with Crippen LogP contribution in [0.15, 0.2) is 24.3 Å². The van der Waals surface area contributed by atoms with Crippen molar-refractivity contribution in [2.45, 2.75) is 13.8 Å². The lowest BCUT2D eigenvalue weighted by Gasteiger charge is -2.34. The van der Waals surface area contributed by atoms with Crippen LogP contribution in [0.1, 0.15) is 13.8 Å². The second-order valence-electron chi connectivity index (χ2n) is 5.36. The van der Waals surface area contributed by atoms with Gasteiger partial charge in [0.25, 0.3) is 0 Å². The molecule has 8 heteroatoms. The van der Waals surface area contributed by atoms with Crippen LogP contribution < -0.4 is 10.6 Å². The molecule has 0 bridgehead atoms. The van der Waals surface area contributed by atoms with Crippen molar-refractivity contribution in [3.8, 4) is 0 Å². The van der Waals surface area contributed by atoms with Crippen LogP contribution in [0, 0.1) is 0 Å². The zero-order chi connectivity index (χ0) is 17.5. The van der Waals surface area contributed by atoms with Crippen molar-refractivity contribution in [2.24, 2.45) is 0 Å². The number of ether oxygens (including phenoxy) is 1. The van der Waals surface area contributed by atoms with E-state index in [4.69, 9.17) is 4.74 Å². The van der Waals surface area contributed by atoms with Crippen molar-refractivity contribution in [1.29, 1.82) is 0 Å². The molecule has 8 nitrogen and oxygen atoms in total. The van der Waals surface area contributed by atoms with Gasteiger partial charge in [0.2, 0.25) is 5.91 Å². The maximum Gasteiger partial charge on any atom is 0.409 e. The number of amides is 4. The van der Waals surface area contributed by atoms with Crippen LogP contribution in [-0.4, -0.2) is 60.6 Å². The van der Waals surface area contributed by atoms with Crippen molar-refractivity contribution in [3.63, 3.8) is 0 Å². The van der Waals surface area contributed by atoms with Crippen LogP contribution in [0.25, 0.3) is 0 Å². The second kappa shape index (κ2) is 8.19. The number of urea groups is 1. The summed E-state index contributed by atoms with van der Waals surface area (Å²) >= 11 is 0. The summed E-state index contributed by atoms with van der Waals surface area (Å²) in [6.07, 6.45) is -0.342. The topological polar surface area (TPSA) is 91.0 Å². The normalized spacial score (nSPS) is 14.1. The molecule has 0 unspecified atom stereocenters. The minimum Gasteiger partial charge on any atom is -0.450 e. The number of nitrogens with zero attached hydrogens (tertiary/aromatic N) is 2. The van der Waals surface area contributed by atoms with Gasteiger partial charge in [-0.05, 0) is 31.2 Å². The number of benzene rings is 1. The number of piperazine rings is 1. The van der Waals surface area contributed by atoms with Crippen molar-refractivity contribution >= 4 is 29.4 Å². The van der Waals surface area contributed by atoms with E-state index >= 15 is 0 Å². The third kappa shape index (κ3) is 4.87. The Labute approximate surface area is 140 Å². The Kier molecular flexibility index (Phi) is 6.00. The summed E-state index contributed by atoms with van der Waals surface area (Å²) in [5.41, 5.74) is 1.31. The van der Waals surface area contributed by atoms with E-state index in [-0.39, 0.29) is 18.0 Å². The Balaban J connectivity index is 1.83. The number of hydrogen-bond donors (Lipinski definition) is 2. The molecule has 1 aliphatic heterocycles. The zero-order valence-electron chi connectivity index (χ0n) is 13.9. The average molecular weight is 334 g/mol. The van der Waals surface area contributed by atoms with Crippen LogP contribution >= 0.6 is 0 Å². The van der Waals surface area contributed by atoms with Gasteiger partial charge in [0.1, 0.15) is 0 Å². The molecule has 1 aromatic rings. The molecule has 2 N–H and O–H groups in total. The largest absolute Gasteiger partial charge is 0.450 e. The van der Waals surface area contributed by atoms with Crippen LogP contribution in [0.5, 0.6) is 0 Å². The maximum atomic E-state index is 12.2. The Morgan fingerprint density at radius 2 is 1.46 bits per heavy atom. The van der Waals surface area contributed by atoms with Gasteiger partial charge in [0, 0.05) is 44.5 Å². The fourth-order valence-corrected chi connectivity index (χ4v) is 2.35. The average Bonchev–Trinajstić information content (AvgIpc) is 2.56. The van der Waals surface area contributed by atoms with E-state index in [1.807, 2.05) is 0 Å². The van der Waals surface area contributed by atoms with Gasteiger partial charge in [0.15, 0.2) is 0 Å². The van der Waals surface area contributed by atoms with E-state index in [0.717, 1.165) is 0 Å². The highest BCUT2D eigenvalue weighted by Gasteiger charge is 2.24. The lowest BCUT2D eigenvalue weighted by molar-refractivity contribution is -0.114. The van der Waals surface area contributed by atoms with Crippen molar-refractivity contribution in [3.05, 3.63) is 24.3 Å². The molecule has 0 spiro atoms. The molecular weight excluding hydrogens is 312 g/mol. The van der Waals surface area contributed by atoms with E-state index in [1.165, 1.54) is 6.92 Å². The fourth-order valence-electron chi connectivity index (χ4n) is 2.35. The molecule has 0 radical (unpaired) electrons. The molecule has 24 heavy (non-hydrogen) atoms. The molecule has 4 amide bonds. The molecule has 2 rings (SSSR count). The van der Waals surface area contributed by atoms with Gasteiger partial charge in [-0.15, -0.1) is 0 Å². The quantitative estimate of drug-likeness (QED) is 0.884. The summed E-state index contributed by atoms with van der Waals surface area (Å²) in [5.74, 6) is -0.147. The molecule has 0 atom stereocenters. The molecule has 0 aliphatic carbocycles. The summed E-state index contributed by atoms with van der Waals surface area (Å²) in [7, 11) is 0. The van der Waals surface area contributed by atoms with Gasteiger partial charge < -0.3 is 25.2 Å². The highest BCUT2D eigenvalue weighted by Crippen LogP contribution is 2.14. The smallest absolute Gasteiger partial charge is 0.409 e. The Morgan fingerprint density at radius 1 is 0.958 bits per heavy atom. The van der Waals surface area contributed by atoms with E-state index in [2.05, 4.69) is 10.6 Å². The lowest BCUT2D eigenvalue weighted by atomic mass is 10.2. The van der Waals surface area contributed by atoms with E-state index < -0.39 is 0 Å². The fraction of sp³-hybridized carbons (Fsp3) is 0.438. The van der Waals surface area contributed by atoms with Crippen LogP contribution in [-0.2, 0) is 9.53 Å². The van der Waals surface area contributed by atoms with Gasteiger partial charge in [-0.2, -0.15) is 0 Å². The second-order valence-corrected chi connectivity index (χ2v) is 5.36. The van der Waals surface area contributed by atoms with Crippen molar-refractivity contribution < 1.29 is 19.1 Å². The highest BCUT2D eigenvalue weighted by atomic mass is 16.6. The summed E-state index contributed by atoms with van der Waals surface area (Å²) in [6, 6.07) is 6.66. The first kappa shape index (κ1) is 17.6. The highest BCUT2D eigenvalue weighted by molar-refractivity contribution is 5.91. The van der Waals surface area contributed by atoms with Crippen LogP contribution in [0.3, 0.4) is 0 Å². The van der Waals surface area contributed by atoms with Gasteiger partial charge in [-0.25, -0.2) is 9.59 Å². The standard InChI is InChI=1S/C16H22N4O4/c1-3-24-16(23)20-10-8-19(9-11-20)15(22)18-14-6-4-13(5-7-14)17-12(2)21/h4-7H,3,8-11H2,1-2H3,(H,17,21)(H,18,22). The first-order chi connectivity index (χ1) is 11.5. The summed E-state index contributed by atoms with van der Waals surface area (Å²) in [4.78, 5) is 38.1. The lowest BCUT2D eigenvalue weighted by Crippen LogP contribution is -2.51. The number of nitrogens with one attached hydrogen (secondary N) is 2. The molecule has 0 aromatic heterocycles. The Morgan fingerprint density at radius 3 is 1.96 bits per heavy atom. The van der Waals surface area contributed by atoms with Crippen LogP contribution in [0.2, 0.25) is 0 Å². The SMILES string of the molecule is CCOC(=O)N1CCN(C(=O)Nc2ccc(NC(C)=O)cc2)CC1. The minimum absolute atomic E-state index is 0.147. The van der Waals surface area contributed by atoms with Gasteiger partial charge in [-0.3, -0.25) is 4.79 Å². The van der Waals surface area contributed by atoms with E-state index in [0.29, 0.717) is 44.2 Å². The monoisotopic (exact) mass is 334 g/mol. The first-order valence-corrected chi connectivity index (χ1v) is 7.85. The molecule has 1 aliphatic rings. The molecule has 130 valence electrons. The Bertz CT molecular complexity index is 595. The number of carbonyl (C=O) groups is 3.